The van der Waals surface area contributed by atoms with Gasteiger partial charge in [0, 0.05) is 5.69 Å². The summed E-state index contributed by atoms with van der Waals surface area (Å²) in [5, 5.41) is 12.0. The predicted octanol–water partition coefficient (Wildman–Crippen LogP) is 2.89. The highest BCUT2D eigenvalue weighted by molar-refractivity contribution is 6.00. The van der Waals surface area contributed by atoms with Crippen molar-refractivity contribution in [1.29, 1.82) is 0 Å². The zero-order valence-electron chi connectivity index (χ0n) is 12.2. The molecule has 1 saturated carbocycles. The second kappa shape index (κ2) is 6.59. The van der Waals surface area contributed by atoms with Crippen LogP contribution in [0.1, 0.15) is 55.3 Å². The molecule has 1 aromatic heterocycles. The van der Waals surface area contributed by atoms with E-state index >= 15 is 0 Å². The second-order valence-electron chi connectivity index (χ2n) is 5.48. The number of hydrogen-bond acceptors (Lipinski definition) is 4. The first kappa shape index (κ1) is 14.6. The number of nitrogens with zero attached hydrogens (tertiary/aromatic N) is 2. The van der Waals surface area contributed by atoms with Gasteiger partial charge >= 0.3 is 0 Å². The van der Waals surface area contributed by atoms with Crippen LogP contribution < -0.4 is 10.5 Å². The van der Waals surface area contributed by atoms with Gasteiger partial charge in [-0.2, -0.15) is 0 Å². The molecule has 0 atom stereocenters. The van der Waals surface area contributed by atoms with Gasteiger partial charge < -0.3 is 15.7 Å². The van der Waals surface area contributed by atoms with E-state index in [2.05, 4.69) is 10.1 Å². The first-order valence-electron chi connectivity index (χ1n) is 7.24. The van der Waals surface area contributed by atoms with Gasteiger partial charge in [0.05, 0.1) is 5.56 Å². The molecule has 1 aliphatic carbocycles. The third kappa shape index (κ3) is 3.40. The van der Waals surface area contributed by atoms with Crippen LogP contribution >= 0.6 is 0 Å². The molecule has 1 aromatic rings. The maximum atomic E-state index is 8.94. The van der Waals surface area contributed by atoms with E-state index in [0.717, 1.165) is 24.1 Å². The standard InChI is InChI=1S/C15H23N3O2/c1-10-9-11(2)17-15(13(10)14(16)18-19)20-12-7-5-3-4-6-8-12/h9,12,19H,3-8H2,1-2H3,(H2,16,18). The van der Waals surface area contributed by atoms with Gasteiger partial charge in [-0.25, -0.2) is 4.98 Å². The van der Waals surface area contributed by atoms with Crippen LogP contribution in [-0.4, -0.2) is 22.1 Å². The Morgan fingerprint density at radius 1 is 1.30 bits per heavy atom. The van der Waals surface area contributed by atoms with Crippen molar-refractivity contribution < 1.29 is 9.94 Å². The molecule has 5 nitrogen and oxygen atoms in total. The summed E-state index contributed by atoms with van der Waals surface area (Å²) in [7, 11) is 0. The van der Waals surface area contributed by atoms with Crippen molar-refractivity contribution in [3.05, 3.63) is 22.9 Å². The molecule has 1 heterocycles. The van der Waals surface area contributed by atoms with Gasteiger partial charge in [-0.15, -0.1) is 0 Å². The Morgan fingerprint density at radius 3 is 2.55 bits per heavy atom. The summed E-state index contributed by atoms with van der Waals surface area (Å²) in [5.41, 5.74) is 8.15. The van der Waals surface area contributed by atoms with Crippen molar-refractivity contribution >= 4 is 5.84 Å². The Balaban J connectivity index is 2.29. The summed E-state index contributed by atoms with van der Waals surface area (Å²) in [6.45, 7) is 3.84. The Labute approximate surface area is 119 Å². The van der Waals surface area contributed by atoms with Crippen molar-refractivity contribution in [3.63, 3.8) is 0 Å². The monoisotopic (exact) mass is 277 g/mol. The van der Waals surface area contributed by atoms with Gasteiger partial charge in [0.15, 0.2) is 5.84 Å². The molecule has 1 fully saturated rings. The largest absolute Gasteiger partial charge is 0.474 e. The summed E-state index contributed by atoms with van der Waals surface area (Å²) in [6, 6.07) is 1.91. The molecule has 0 saturated heterocycles. The quantitative estimate of drug-likeness (QED) is 0.293. The van der Waals surface area contributed by atoms with E-state index in [-0.39, 0.29) is 11.9 Å². The van der Waals surface area contributed by atoms with Crippen LogP contribution in [-0.2, 0) is 0 Å². The summed E-state index contributed by atoms with van der Waals surface area (Å²) in [4.78, 5) is 4.43. The van der Waals surface area contributed by atoms with E-state index in [0.29, 0.717) is 11.4 Å². The highest BCUT2D eigenvalue weighted by Crippen LogP contribution is 2.26. The molecule has 2 rings (SSSR count). The Hall–Kier alpha value is -1.78. The molecular formula is C15H23N3O2. The van der Waals surface area contributed by atoms with Gasteiger partial charge in [0.1, 0.15) is 6.10 Å². The number of rotatable bonds is 3. The fourth-order valence-corrected chi connectivity index (χ4v) is 2.77. The minimum Gasteiger partial charge on any atom is -0.474 e. The van der Waals surface area contributed by atoms with Gasteiger partial charge in [0.25, 0.3) is 0 Å². The van der Waals surface area contributed by atoms with Crippen molar-refractivity contribution in [1.82, 2.24) is 4.98 Å². The minimum atomic E-state index is 0.0543. The lowest BCUT2D eigenvalue weighted by atomic mass is 10.1. The van der Waals surface area contributed by atoms with E-state index < -0.39 is 0 Å². The second-order valence-corrected chi connectivity index (χ2v) is 5.48. The first-order chi connectivity index (χ1) is 9.61. The van der Waals surface area contributed by atoms with Crippen molar-refractivity contribution in [3.8, 4) is 5.88 Å². The molecule has 0 spiro atoms. The lowest BCUT2D eigenvalue weighted by Crippen LogP contribution is -2.22. The first-order valence-corrected chi connectivity index (χ1v) is 7.24. The molecule has 0 radical (unpaired) electrons. The number of nitrogens with two attached hydrogens (primary N) is 1. The van der Waals surface area contributed by atoms with Crippen LogP contribution in [0.15, 0.2) is 11.2 Å². The third-order valence-corrected chi connectivity index (χ3v) is 3.76. The zero-order valence-corrected chi connectivity index (χ0v) is 12.2. The molecule has 1 aliphatic rings. The SMILES string of the molecule is Cc1cc(C)c(C(N)=NO)c(OC2CCCCCC2)n1. The number of amidine groups is 1. The number of aryl methyl sites for hydroxylation is 2. The molecule has 0 bridgehead atoms. The van der Waals surface area contributed by atoms with Crippen LogP contribution in [0.4, 0.5) is 0 Å². The predicted molar refractivity (Wildman–Crippen MR) is 78.3 cm³/mol. The maximum absolute atomic E-state index is 8.94. The van der Waals surface area contributed by atoms with E-state index in [1.165, 1.54) is 25.7 Å². The molecule has 20 heavy (non-hydrogen) atoms. The van der Waals surface area contributed by atoms with Crippen molar-refractivity contribution in [2.45, 2.75) is 58.5 Å². The Morgan fingerprint density at radius 2 is 1.95 bits per heavy atom. The number of hydrogen-bond donors (Lipinski definition) is 2. The number of aromatic nitrogens is 1. The highest BCUT2D eigenvalue weighted by Gasteiger charge is 2.20. The highest BCUT2D eigenvalue weighted by atomic mass is 16.5. The van der Waals surface area contributed by atoms with Crippen LogP contribution in [0, 0.1) is 13.8 Å². The average molecular weight is 277 g/mol. The van der Waals surface area contributed by atoms with Crippen molar-refractivity contribution in [2.24, 2.45) is 10.9 Å². The van der Waals surface area contributed by atoms with Gasteiger partial charge in [-0.05, 0) is 51.2 Å². The Bertz CT molecular complexity index is 492. The van der Waals surface area contributed by atoms with E-state index in [1.807, 2.05) is 19.9 Å². The fourth-order valence-electron chi connectivity index (χ4n) is 2.77. The van der Waals surface area contributed by atoms with Crippen LogP contribution in [0.2, 0.25) is 0 Å². The molecule has 0 unspecified atom stereocenters. The number of ether oxygens (including phenoxy) is 1. The molecule has 0 aromatic carbocycles. The molecule has 3 N–H and O–H groups in total. The summed E-state index contributed by atoms with van der Waals surface area (Å²) >= 11 is 0. The van der Waals surface area contributed by atoms with E-state index in [1.54, 1.807) is 0 Å². The summed E-state index contributed by atoms with van der Waals surface area (Å²) in [6.07, 6.45) is 7.19. The van der Waals surface area contributed by atoms with E-state index in [9.17, 15) is 0 Å². The molecule has 5 heteroatoms. The smallest absolute Gasteiger partial charge is 0.225 e. The van der Waals surface area contributed by atoms with Crippen LogP contribution in [0.5, 0.6) is 5.88 Å². The normalized spacial score (nSPS) is 17.8. The number of oxime groups is 1. The van der Waals surface area contributed by atoms with Gasteiger partial charge in [-0.3, -0.25) is 0 Å². The topological polar surface area (TPSA) is 80.7 Å². The van der Waals surface area contributed by atoms with Gasteiger partial charge in [-0.1, -0.05) is 18.0 Å². The molecular weight excluding hydrogens is 254 g/mol. The maximum Gasteiger partial charge on any atom is 0.225 e. The van der Waals surface area contributed by atoms with Gasteiger partial charge in [0.2, 0.25) is 5.88 Å². The third-order valence-electron chi connectivity index (χ3n) is 3.76. The Kier molecular flexibility index (Phi) is 4.82. The lowest BCUT2D eigenvalue weighted by Gasteiger charge is -2.19. The van der Waals surface area contributed by atoms with Crippen molar-refractivity contribution in [2.75, 3.05) is 0 Å². The molecule has 110 valence electrons. The van der Waals surface area contributed by atoms with E-state index in [4.69, 9.17) is 15.7 Å². The lowest BCUT2D eigenvalue weighted by molar-refractivity contribution is 0.175. The fraction of sp³-hybridized carbons (Fsp3) is 0.600. The molecule has 0 aliphatic heterocycles. The van der Waals surface area contributed by atoms with Crippen LogP contribution in [0.3, 0.4) is 0 Å². The summed E-state index contributed by atoms with van der Waals surface area (Å²) < 4.78 is 6.07. The molecule has 0 amide bonds. The number of pyridine rings is 1. The average Bonchev–Trinajstić information content (AvgIpc) is 2.66. The minimum absolute atomic E-state index is 0.0543. The summed E-state index contributed by atoms with van der Waals surface area (Å²) in [5.74, 6) is 0.545. The zero-order chi connectivity index (χ0) is 14.5. The van der Waals surface area contributed by atoms with Crippen LogP contribution in [0.25, 0.3) is 0 Å².